The third kappa shape index (κ3) is 4.82. The summed E-state index contributed by atoms with van der Waals surface area (Å²) < 4.78 is 31.7. The molecule has 120 valence electrons. The topological polar surface area (TPSA) is 92.5 Å². The molecule has 0 aliphatic heterocycles. The number of aromatic nitrogens is 1. The first-order chi connectivity index (χ1) is 9.65. The van der Waals surface area contributed by atoms with Gasteiger partial charge in [-0.1, -0.05) is 19.0 Å². The summed E-state index contributed by atoms with van der Waals surface area (Å²) in [7, 11) is -3.67. The number of nitrogens with zero attached hydrogens (tertiary/aromatic N) is 2. The smallest absolute Gasteiger partial charge is 0.246 e. The maximum absolute atomic E-state index is 12.2. The Morgan fingerprint density at radius 3 is 2.43 bits per heavy atom. The third-order valence-corrected chi connectivity index (χ3v) is 4.65. The van der Waals surface area contributed by atoms with E-state index in [9.17, 15) is 13.2 Å². The maximum atomic E-state index is 12.2. The molecule has 1 heterocycles. The molecule has 0 atom stereocenters. The molecule has 1 aromatic rings. The molecule has 0 fully saturated rings. The number of hydrogen-bond acceptors (Lipinski definition) is 5. The van der Waals surface area contributed by atoms with Crippen molar-refractivity contribution in [2.45, 2.75) is 39.5 Å². The van der Waals surface area contributed by atoms with Gasteiger partial charge >= 0.3 is 0 Å². The summed E-state index contributed by atoms with van der Waals surface area (Å²) in [6.07, 6.45) is 0. The Labute approximate surface area is 125 Å². The van der Waals surface area contributed by atoms with Gasteiger partial charge in [-0.05, 0) is 19.8 Å². The van der Waals surface area contributed by atoms with E-state index in [0.29, 0.717) is 24.7 Å². The first-order valence-corrected chi connectivity index (χ1v) is 8.31. The minimum absolute atomic E-state index is 0.0692. The van der Waals surface area contributed by atoms with Crippen LogP contribution in [0.1, 0.15) is 32.2 Å². The summed E-state index contributed by atoms with van der Waals surface area (Å²) >= 11 is 0. The number of sulfonamides is 1. The fourth-order valence-corrected chi connectivity index (χ4v) is 3.41. The van der Waals surface area contributed by atoms with Gasteiger partial charge in [0, 0.05) is 26.6 Å². The monoisotopic (exact) mass is 317 g/mol. The standard InChI is InChI=1S/C13H23N3O4S/c1-9(2)8-16(12(5)17)7-6-14-21(18,19)13-10(3)15-20-11(13)4/h9,14H,6-8H2,1-5H3. The zero-order valence-corrected chi connectivity index (χ0v) is 14.0. The van der Waals surface area contributed by atoms with Gasteiger partial charge in [0.15, 0.2) is 5.76 Å². The highest BCUT2D eigenvalue weighted by Gasteiger charge is 2.24. The number of carbonyl (C=O) groups excluding carboxylic acids is 1. The van der Waals surface area contributed by atoms with Crippen molar-refractivity contribution < 1.29 is 17.7 Å². The van der Waals surface area contributed by atoms with Crippen molar-refractivity contribution in [1.82, 2.24) is 14.8 Å². The van der Waals surface area contributed by atoms with Crippen LogP contribution in [0.5, 0.6) is 0 Å². The number of nitrogens with one attached hydrogen (secondary N) is 1. The van der Waals surface area contributed by atoms with Gasteiger partial charge in [0.05, 0.1) is 0 Å². The van der Waals surface area contributed by atoms with Crippen LogP contribution >= 0.6 is 0 Å². The minimum atomic E-state index is -3.67. The molecular formula is C13H23N3O4S. The lowest BCUT2D eigenvalue weighted by Gasteiger charge is -2.23. The number of rotatable bonds is 7. The van der Waals surface area contributed by atoms with Crippen molar-refractivity contribution in [3.05, 3.63) is 11.5 Å². The van der Waals surface area contributed by atoms with Crippen LogP contribution in [0.2, 0.25) is 0 Å². The van der Waals surface area contributed by atoms with E-state index in [4.69, 9.17) is 4.52 Å². The highest BCUT2D eigenvalue weighted by atomic mass is 32.2. The van der Waals surface area contributed by atoms with Crippen molar-refractivity contribution in [1.29, 1.82) is 0 Å². The van der Waals surface area contributed by atoms with Crippen LogP contribution in [0.15, 0.2) is 9.42 Å². The summed E-state index contributed by atoms with van der Waals surface area (Å²) in [4.78, 5) is 13.2. The van der Waals surface area contributed by atoms with Crippen LogP contribution in [0.25, 0.3) is 0 Å². The molecule has 0 aliphatic rings. The fraction of sp³-hybridized carbons (Fsp3) is 0.692. The second kappa shape index (κ2) is 7.04. The van der Waals surface area contributed by atoms with Crippen LogP contribution in [0, 0.1) is 19.8 Å². The number of carbonyl (C=O) groups is 1. The molecule has 0 saturated carbocycles. The van der Waals surface area contributed by atoms with E-state index in [1.807, 2.05) is 13.8 Å². The van der Waals surface area contributed by atoms with E-state index >= 15 is 0 Å². The third-order valence-electron chi connectivity index (χ3n) is 2.94. The summed E-state index contributed by atoms with van der Waals surface area (Å²) in [6, 6.07) is 0. The molecule has 0 spiro atoms. The van der Waals surface area contributed by atoms with Crippen molar-refractivity contribution in [3.8, 4) is 0 Å². The van der Waals surface area contributed by atoms with Gasteiger partial charge in [-0.15, -0.1) is 0 Å². The van der Waals surface area contributed by atoms with E-state index in [0.717, 1.165) is 0 Å². The van der Waals surface area contributed by atoms with E-state index in [2.05, 4.69) is 9.88 Å². The van der Waals surface area contributed by atoms with Gasteiger partial charge in [-0.2, -0.15) is 0 Å². The van der Waals surface area contributed by atoms with Crippen LogP contribution in [-0.4, -0.2) is 44.0 Å². The van der Waals surface area contributed by atoms with Gasteiger partial charge in [0.2, 0.25) is 15.9 Å². The SMILES string of the molecule is CC(=O)N(CCNS(=O)(=O)c1c(C)noc1C)CC(C)C. The molecule has 0 aromatic carbocycles. The Hall–Kier alpha value is -1.41. The number of amides is 1. The van der Waals surface area contributed by atoms with Gasteiger partial charge in [0.1, 0.15) is 10.6 Å². The molecule has 1 rings (SSSR count). The van der Waals surface area contributed by atoms with E-state index in [1.165, 1.54) is 6.92 Å². The minimum Gasteiger partial charge on any atom is -0.360 e. The van der Waals surface area contributed by atoms with Gasteiger partial charge < -0.3 is 9.42 Å². The molecule has 1 N–H and O–H groups in total. The van der Waals surface area contributed by atoms with Crippen LogP contribution in [-0.2, 0) is 14.8 Å². The molecule has 1 aromatic heterocycles. The molecule has 21 heavy (non-hydrogen) atoms. The second-order valence-corrected chi connectivity index (χ2v) is 7.11. The largest absolute Gasteiger partial charge is 0.360 e. The van der Waals surface area contributed by atoms with E-state index in [-0.39, 0.29) is 23.1 Å². The molecule has 7 nitrogen and oxygen atoms in total. The Balaban J connectivity index is 2.68. The molecule has 1 amide bonds. The quantitative estimate of drug-likeness (QED) is 0.812. The molecule has 0 unspecified atom stereocenters. The summed E-state index contributed by atoms with van der Waals surface area (Å²) in [5, 5.41) is 3.63. The second-order valence-electron chi connectivity index (χ2n) is 5.41. The average molecular weight is 317 g/mol. The van der Waals surface area contributed by atoms with Crippen LogP contribution in [0.4, 0.5) is 0 Å². The van der Waals surface area contributed by atoms with Gasteiger partial charge in [-0.25, -0.2) is 13.1 Å². The van der Waals surface area contributed by atoms with Gasteiger partial charge in [0.25, 0.3) is 0 Å². The Bertz CT molecular complexity index is 573. The highest BCUT2D eigenvalue weighted by Crippen LogP contribution is 2.18. The molecule has 0 radical (unpaired) electrons. The van der Waals surface area contributed by atoms with Crippen molar-refractivity contribution >= 4 is 15.9 Å². The normalized spacial score (nSPS) is 11.9. The lowest BCUT2D eigenvalue weighted by atomic mass is 10.2. The Morgan fingerprint density at radius 1 is 1.38 bits per heavy atom. The first kappa shape index (κ1) is 17.6. The predicted molar refractivity (Wildman–Crippen MR) is 78.3 cm³/mol. The van der Waals surface area contributed by atoms with Crippen molar-refractivity contribution in [2.24, 2.45) is 5.92 Å². The van der Waals surface area contributed by atoms with Gasteiger partial charge in [-0.3, -0.25) is 4.79 Å². The van der Waals surface area contributed by atoms with E-state index < -0.39 is 10.0 Å². The van der Waals surface area contributed by atoms with E-state index in [1.54, 1.807) is 18.7 Å². The lowest BCUT2D eigenvalue weighted by molar-refractivity contribution is -0.129. The zero-order chi connectivity index (χ0) is 16.2. The fourth-order valence-electron chi connectivity index (χ4n) is 2.06. The Morgan fingerprint density at radius 2 is 2.00 bits per heavy atom. The summed E-state index contributed by atoms with van der Waals surface area (Å²) in [6.45, 7) is 9.69. The molecular weight excluding hydrogens is 294 g/mol. The highest BCUT2D eigenvalue weighted by molar-refractivity contribution is 7.89. The molecule has 0 saturated heterocycles. The summed E-state index contributed by atoms with van der Waals surface area (Å²) in [5.41, 5.74) is 0.325. The predicted octanol–water partition coefficient (Wildman–Crippen LogP) is 1.07. The zero-order valence-electron chi connectivity index (χ0n) is 13.1. The maximum Gasteiger partial charge on any atom is 0.246 e. The summed E-state index contributed by atoms with van der Waals surface area (Å²) in [5.74, 6) is 0.513. The Kier molecular flexibility index (Phi) is 5.91. The first-order valence-electron chi connectivity index (χ1n) is 6.83. The lowest BCUT2D eigenvalue weighted by Crippen LogP contribution is -2.39. The van der Waals surface area contributed by atoms with Crippen molar-refractivity contribution in [3.63, 3.8) is 0 Å². The van der Waals surface area contributed by atoms with Crippen LogP contribution < -0.4 is 4.72 Å². The number of hydrogen-bond donors (Lipinski definition) is 1. The number of aryl methyl sites for hydroxylation is 2. The molecule has 0 bridgehead atoms. The molecule has 8 heteroatoms. The van der Waals surface area contributed by atoms with Crippen LogP contribution in [0.3, 0.4) is 0 Å². The molecule has 0 aliphatic carbocycles. The van der Waals surface area contributed by atoms with Crippen molar-refractivity contribution in [2.75, 3.05) is 19.6 Å². The average Bonchev–Trinajstić information content (AvgIpc) is 2.67.